The summed E-state index contributed by atoms with van der Waals surface area (Å²) in [6, 6.07) is 3.27. The van der Waals surface area contributed by atoms with Crippen molar-refractivity contribution in [3.8, 4) is 5.75 Å². The van der Waals surface area contributed by atoms with Crippen LogP contribution in [-0.2, 0) is 0 Å². The van der Waals surface area contributed by atoms with Gasteiger partial charge in [0.05, 0.1) is 20.6 Å². The summed E-state index contributed by atoms with van der Waals surface area (Å²) in [6.07, 6.45) is 10.8. The van der Waals surface area contributed by atoms with Crippen LogP contribution in [0.15, 0.2) is 18.3 Å². The number of hydrogen-bond donors (Lipinski definition) is 0. The van der Waals surface area contributed by atoms with Gasteiger partial charge in [-0.3, -0.25) is 4.48 Å². The van der Waals surface area contributed by atoms with Gasteiger partial charge in [-0.25, -0.2) is 14.6 Å². The van der Waals surface area contributed by atoms with Crippen LogP contribution in [0.4, 0.5) is 4.79 Å². The molecule has 6 nitrogen and oxygen atoms in total. The van der Waals surface area contributed by atoms with Crippen LogP contribution in [0.3, 0.4) is 0 Å². The quantitative estimate of drug-likeness (QED) is 0.205. The Labute approximate surface area is 211 Å². The molecule has 174 valence electrons. The van der Waals surface area contributed by atoms with Gasteiger partial charge in [-0.1, -0.05) is 48.0 Å². The van der Waals surface area contributed by atoms with Gasteiger partial charge in [-0.15, -0.1) is 17.0 Å². The van der Waals surface area contributed by atoms with Gasteiger partial charge < -0.3 is 26.6 Å². The number of nitrogens with zero attached hydrogens (tertiary/aromatic N) is 3. The first-order valence-corrected chi connectivity index (χ1v) is 11.2. The molecule has 0 unspecified atom stereocenters. The number of carbonyl (C=O) groups excluding carboxylic acids is 2. The van der Waals surface area contributed by atoms with Crippen molar-refractivity contribution in [3.05, 3.63) is 24.0 Å². The molecule has 0 fully saturated rings. The number of ether oxygens (including phenoxy) is 1. The second-order valence-electron chi connectivity index (χ2n) is 7.84. The third-order valence-electron chi connectivity index (χ3n) is 4.69. The summed E-state index contributed by atoms with van der Waals surface area (Å²) < 4.78 is 5.50. The summed E-state index contributed by atoms with van der Waals surface area (Å²) in [5.74, 6) is 0.0674. The first kappa shape index (κ1) is 31.7. The van der Waals surface area contributed by atoms with Crippen LogP contribution in [-0.4, -0.2) is 66.4 Å². The lowest BCUT2D eigenvalue weighted by molar-refractivity contribution is -0.808. The predicted molar refractivity (Wildman–Crippen MR) is 126 cm³/mol. The first-order valence-electron chi connectivity index (χ1n) is 10.1. The van der Waals surface area contributed by atoms with Crippen molar-refractivity contribution < 1.29 is 35.8 Å². The normalized spacial score (nSPS) is 10.6. The fraction of sp³-hybridized carbons (Fsp3) is 0.667. The standard InChI is InChI=1S/C21H35BrN3O3.2BrH/c1-24(2)21(27)28-18-14-13-16-23-19(18)20(26)25(3,4)17-12-10-8-6-5-7-9-11-15-22;;/h13-14,16H,5-12,15,17H2,1-4H3;2*1H/q+1;;/p-1. The van der Waals surface area contributed by atoms with E-state index in [1.54, 1.807) is 32.4 Å². The Morgan fingerprint density at radius 1 is 1.03 bits per heavy atom. The number of quaternary nitrogens is 1. The molecule has 0 aliphatic carbocycles. The van der Waals surface area contributed by atoms with Crippen molar-refractivity contribution in [1.29, 1.82) is 0 Å². The van der Waals surface area contributed by atoms with E-state index in [4.69, 9.17) is 4.74 Å². The highest BCUT2D eigenvalue weighted by Gasteiger charge is 2.32. The molecule has 1 aromatic heterocycles. The van der Waals surface area contributed by atoms with Crippen LogP contribution in [0.25, 0.3) is 0 Å². The van der Waals surface area contributed by atoms with E-state index >= 15 is 0 Å². The minimum absolute atomic E-state index is 0. The fourth-order valence-electron chi connectivity index (χ4n) is 2.87. The van der Waals surface area contributed by atoms with E-state index in [1.807, 2.05) is 14.1 Å². The lowest BCUT2D eigenvalue weighted by Gasteiger charge is -2.27. The predicted octanol–water partition coefficient (Wildman–Crippen LogP) is 2.46. The number of halogens is 3. The number of alkyl halides is 1. The third kappa shape index (κ3) is 11.8. The van der Waals surface area contributed by atoms with Crippen LogP contribution in [0.2, 0.25) is 0 Å². The second kappa shape index (κ2) is 17.1. The lowest BCUT2D eigenvalue weighted by Crippen LogP contribution is -3.00. The SMILES string of the molecule is Br.CN(C)C(=O)Oc1cccnc1C(=O)[N+](C)(C)CCCCCCCCCCBr.[Br-]. The van der Waals surface area contributed by atoms with Gasteiger partial charge in [0.1, 0.15) is 0 Å². The Kier molecular flexibility index (Phi) is 18.0. The molecule has 0 atom stereocenters. The molecule has 0 saturated heterocycles. The second-order valence-corrected chi connectivity index (χ2v) is 8.64. The van der Waals surface area contributed by atoms with Crippen molar-refractivity contribution in [2.45, 2.75) is 51.4 Å². The summed E-state index contributed by atoms with van der Waals surface area (Å²) in [6.45, 7) is 0.736. The van der Waals surface area contributed by atoms with Crippen LogP contribution in [0.5, 0.6) is 5.75 Å². The maximum atomic E-state index is 13.0. The third-order valence-corrected chi connectivity index (χ3v) is 5.25. The van der Waals surface area contributed by atoms with Gasteiger partial charge in [-0.05, 0) is 31.4 Å². The minimum atomic E-state index is -0.525. The lowest BCUT2D eigenvalue weighted by atomic mass is 10.1. The number of amides is 2. The Balaban J connectivity index is 0. The zero-order valence-electron chi connectivity index (χ0n) is 18.5. The van der Waals surface area contributed by atoms with E-state index in [0.29, 0.717) is 0 Å². The molecule has 0 aromatic carbocycles. The average molecular weight is 618 g/mol. The molecule has 0 aliphatic rings. The van der Waals surface area contributed by atoms with Gasteiger partial charge in [-0.2, -0.15) is 0 Å². The van der Waals surface area contributed by atoms with E-state index in [-0.39, 0.29) is 55.8 Å². The summed E-state index contributed by atoms with van der Waals surface area (Å²) in [5, 5.41) is 1.10. The van der Waals surface area contributed by atoms with Crippen molar-refractivity contribution in [3.63, 3.8) is 0 Å². The number of rotatable bonds is 12. The van der Waals surface area contributed by atoms with Gasteiger partial charge in [0, 0.05) is 25.6 Å². The highest BCUT2D eigenvalue weighted by atomic mass is 79.9. The van der Waals surface area contributed by atoms with Crippen LogP contribution < -0.4 is 21.7 Å². The van der Waals surface area contributed by atoms with E-state index in [9.17, 15) is 9.59 Å². The zero-order valence-corrected chi connectivity index (χ0v) is 23.4. The molecular formula is C21H36Br3N3O3. The molecule has 0 saturated carbocycles. The summed E-state index contributed by atoms with van der Waals surface area (Å²) in [4.78, 5) is 30.4. The van der Waals surface area contributed by atoms with Crippen LogP contribution in [0, 0.1) is 0 Å². The van der Waals surface area contributed by atoms with Gasteiger partial charge >= 0.3 is 12.0 Å². The molecule has 0 radical (unpaired) electrons. The van der Waals surface area contributed by atoms with Crippen molar-refractivity contribution >= 4 is 44.9 Å². The fourth-order valence-corrected chi connectivity index (χ4v) is 3.27. The number of unbranched alkanes of at least 4 members (excludes halogenated alkanes) is 7. The minimum Gasteiger partial charge on any atom is -1.00 e. The average Bonchev–Trinajstić information content (AvgIpc) is 2.66. The van der Waals surface area contributed by atoms with Crippen LogP contribution in [0.1, 0.15) is 61.9 Å². The van der Waals surface area contributed by atoms with E-state index < -0.39 is 6.09 Å². The van der Waals surface area contributed by atoms with E-state index in [2.05, 4.69) is 20.9 Å². The van der Waals surface area contributed by atoms with Crippen molar-refractivity contribution in [2.24, 2.45) is 0 Å². The molecule has 0 spiro atoms. The molecule has 1 aromatic rings. The maximum absolute atomic E-state index is 13.0. The monoisotopic (exact) mass is 615 g/mol. The molecule has 1 heterocycles. The molecule has 0 N–H and O–H groups in total. The highest BCUT2D eigenvalue weighted by molar-refractivity contribution is 9.09. The molecule has 0 aliphatic heterocycles. The maximum Gasteiger partial charge on any atom is 0.414 e. The number of aromatic nitrogens is 1. The molecular weight excluding hydrogens is 582 g/mol. The Morgan fingerprint density at radius 2 is 1.57 bits per heavy atom. The molecule has 9 heteroatoms. The van der Waals surface area contributed by atoms with Crippen molar-refractivity contribution in [2.75, 3.05) is 40.1 Å². The zero-order chi connectivity index (χ0) is 21.0. The topological polar surface area (TPSA) is 59.5 Å². The molecule has 1 rings (SSSR count). The van der Waals surface area contributed by atoms with E-state index in [1.165, 1.54) is 43.4 Å². The Hall–Kier alpha value is -0.510. The number of pyridine rings is 1. The van der Waals surface area contributed by atoms with Crippen molar-refractivity contribution in [1.82, 2.24) is 9.88 Å². The summed E-state index contributed by atoms with van der Waals surface area (Å²) in [5.41, 5.74) is 0.203. The van der Waals surface area contributed by atoms with Gasteiger partial charge in [0.25, 0.3) is 0 Å². The van der Waals surface area contributed by atoms with Gasteiger partial charge in [0.2, 0.25) is 5.69 Å². The first-order chi connectivity index (χ1) is 13.3. The van der Waals surface area contributed by atoms with Crippen LogP contribution >= 0.6 is 32.9 Å². The highest BCUT2D eigenvalue weighted by Crippen LogP contribution is 2.21. The number of hydrogen-bond acceptors (Lipinski definition) is 4. The molecule has 2 amide bonds. The molecule has 0 bridgehead atoms. The largest absolute Gasteiger partial charge is 1.00 e. The summed E-state index contributed by atoms with van der Waals surface area (Å²) in [7, 11) is 6.97. The molecule has 30 heavy (non-hydrogen) atoms. The Bertz CT molecular complexity index is 629. The smallest absolute Gasteiger partial charge is 0.414 e. The Morgan fingerprint density at radius 3 is 2.10 bits per heavy atom. The van der Waals surface area contributed by atoms with E-state index in [0.717, 1.165) is 24.7 Å². The number of carbonyl (C=O) groups is 2. The van der Waals surface area contributed by atoms with Gasteiger partial charge in [0.15, 0.2) is 5.75 Å². The summed E-state index contributed by atoms with van der Waals surface area (Å²) >= 11 is 3.46.